The minimum Gasteiger partial charge on any atom is -0.632 e. The van der Waals surface area contributed by atoms with E-state index in [0.29, 0.717) is 0 Å². The van der Waals surface area contributed by atoms with Gasteiger partial charge in [-0.3, -0.25) is 0 Å². The van der Waals surface area contributed by atoms with Crippen LogP contribution in [0.1, 0.15) is 36.6 Å². The predicted octanol–water partition coefficient (Wildman–Crippen LogP) is -0.315. The summed E-state index contributed by atoms with van der Waals surface area (Å²) < 4.78 is 56.9. The summed E-state index contributed by atoms with van der Waals surface area (Å²) in [5, 5.41) is 43.3. The number of carbonyl (C=O) groups excluding carboxylic acids is 1. The van der Waals surface area contributed by atoms with Crippen molar-refractivity contribution in [3.05, 3.63) is 16.9 Å². The van der Waals surface area contributed by atoms with Gasteiger partial charge in [0, 0.05) is 21.6 Å². The molecule has 0 aromatic rings. The molecule has 5 atom stereocenters. The fourth-order valence-corrected chi connectivity index (χ4v) is 2.99. The summed E-state index contributed by atoms with van der Waals surface area (Å²) in [5.41, 5.74) is -3.38. The van der Waals surface area contributed by atoms with Crippen molar-refractivity contribution in [2.75, 3.05) is 19.7 Å². The van der Waals surface area contributed by atoms with Gasteiger partial charge in [0.25, 0.3) is 0 Å². The van der Waals surface area contributed by atoms with E-state index >= 15 is 0 Å². The van der Waals surface area contributed by atoms with Crippen molar-refractivity contribution in [1.82, 2.24) is 0 Å². The lowest BCUT2D eigenvalue weighted by Crippen LogP contribution is -2.53. The number of hydroxylamine groups is 3. The summed E-state index contributed by atoms with van der Waals surface area (Å²) in [4.78, 5) is 12.6. The van der Waals surface area contributed by atoms with E-state index in [-0.39, 0.29) is 25.1 Å². The van der Waals surface area contributed by atoms with E-state index in [9.17, 15) is 25.3 Å². The minimum atomic E-state index is -3.80. The van der Waals surface area contributed by atoms with Gasteiger partial charge in [-0.05, 0) is 18.9 Å². The Hall–Kier alpha value is -0.990. The zero-order valence-corrected chi connectivity index (χ0v) is 12.2. The monoisotopic (exact) mass is 322 g/mol. The Kier molecular flexibility index (Phi) is 2.68. The molecule has 3 N–H and O–H groups in total. The van der Waals surface area contributed by atoms with Crippen LogP contribution in [0.4, 0.5) is 0 Å². The second kappa shape index (κ2) is 5.90. The Morgan fingerprint density at radius 1 is 1.73 bits per heavy atom. The average molecular weight is 322 g/mol. The lowest BCUT2D eigenvalue weighted by Gasteiger charge is -2.40. The van der Waals surface area contributed by atoms with Gasteiger partial charge in [0.05, 0.1) is 19.2 Å². The molecule has 1 unspecified atom stereocenters. The van der Waals surface area contributed by atoms with Crippen molar-refractivity contribution < 1.29 is 39.1 Å². The molecular formula is C15H25NO6. The molecule has 0 aliphatic carbocycles. The molecule has 2 aliphatic heterocycles. The predicted molar refractivity (Wildman–Crippen MR) is 78.3 cm³/mol. The second-order valence-electron chi connectivity index (χ2n) is 5.83. The first-order valence-corrected chi connectivity index (χ1v) is 6.96. The molecule has 126 valence electrons. The summed E-state index contributed by atoms with van der Waals surface area (Å²) in [7, 11) is 0. The first-order chi connectivity index (χ1) is 12.9. The van der Waals surface area contributed by atoms with Gasteiger partial charge in [-0.15, -0.1) is 0 Å². The highest BCUT2D eigenvalue weighted by Gasteiger charge is 2.49. The van der Waals surface area contributed by atoms with E-state index in [1.807, 2.05) is 0 Å². The summed E-state index contributed by atoms with van der Waals surface area (Å²) >= 11 is 0. The zero-order valence-electron chi connectivity index (χ0n) is 19.2. The van der Waals surface area contributed by atoms with Crippen molar-refractivity contribution in [3.63, 3.8) is 0 Å². The molecule has 22 heavy (non-hydrogen) atoms. The summed E-state index contributed by atoms with van der Waals surface area (Å²) in [6.45, 7) is -7.06. The first kappa shape index (κ1) is 10.00. The molecular weight excluding hydrogens is 290 g/mol. The van der Waals surface area contributed by atoms with E-state index in [1.165, 1.54) is 6.08 Å². The van der Waals surface area contributed by atoms with Crippen molar-refractivity contribution in [2.45, 2.75) is 50.9 Å². The molecule has 1 fully saturated rings. The molecule has 1 saturated heterocycles. The van der Waals surface area contributed by atoms with Crippen molar-refractivity contribution >= 4 is 5.97 Å². The van der Waals surface area contributed by atoms with Gasteiger partial charge in [-0.1, -0.05) is 13.7 Å². The lowest BCUT2D eigenvalue weighted by molar-refractivity contribution is -0.877. The van der Waals surface area contributed by atoms with Gasteiger partial charge in [-0.2, -0.15) is 0 Å². The van der Waals surface area contributed by atoms with Crippen LogP contribution in [0.5, 0.6) is 0 Å². The van der Waals surface area contributed by atoms with Crippen LogP contribution in [0.3, 0.4) is 0 Å². The van der Waals surface area contributed by atoms with Crippen LogP contribution in [0.15, 0.2) is 11.6 Å². The number of aliphatic hydroxyl groups excluding tert-OH is 2. The third kappa shape index (κ3) is 2.68. The quantitative estimate of drug-likeness (QED) is 0.277. The van der Waals surface area contributed by atoms with Crippen molar-refractivity contribution in [2.24, 2.45) is 5.89 Å². The number of nitrogens with zero attached hydrogens (tertiary/aromatic N) is 1. The number of rotatable bonds is 5. The van der Waals surface area contributed by atoms with Gasteiger partial charge in [-0.25, -0.2) is 4.79 Å². The lowest BCUT2D eigenvalue weighted by atomic mass is 9.85. The zero-order chi connectivity index (χ0) is 22.6. The first-order valence-electron chi connectivity index (χ1n) is 10.5. The van der Waals surface area contributed by atoms with Crippen LogP contribution in [0.25, 0.3) is 0 Å². The van der Waals surface area contributed by atoms with E-state index in [2.05, 4.69) is 0 Å². The van der Waals surface area contributed by atoms with E-state index in [0.717, 1.165) is 6.92 Å². The topological polar surface area (TPSA) is 110 Å². The number of carbonyl (C=O) groups is 1. The number of aliphatic hydroxyl groups is 3. The van der Waals surface area contributed by atoms with Crippen molar-refractivity contribution in [3.8, 4) is 0 Å². The maximum atomic E-state index is 12.6. The average Bonchev–Trinajstić information content (AvgIpc) is 3.05. The Morgan fingerprint density at radius 3 is 3.00 bits per heavy atom. The molecule has 2 aliphatic rings. The van der Waals surface area contributed by atoms with E-state index < -0.39 is 60.7 Å². The largest absolute Gasteiger partial charge is 0.632 e. The molecule has 0 aromatic carbocycles. The minimum absolute atomic E-state index is 0.0300. The number of quaternary nitrogens is 1. The molecule has 0 aromatic heterocycles. The second-order valence-corrected chi connectivity index (χ2v) is 5.83. The fraction of sp³-hybridized carbons (Fsp3) is 0.800. The third-order valence-electron chi connectivity index (χ3n) is 4.38. The molecule has 7 nitrogen and oxygen atoms in total. The molecule has 0 spiro atoms. The molecule has 2 rings (SSSR count). The van der Waals surface area contributed by atoms with Crippen LogP contribution < -0.4 is 0 Å². The fourth-order valence-electron chi connectivity index (χ4n) is 2.99. The van der Waals surface area contributed by atoms with Gasteiger partial charge >= 0.3 is 5.97 Å². The SMILES string of the molecule is [2H]C([2H])([2H])C([2H])(C([2H])([2H])[2H])[C@](O)(C(=O)OCC1=CC[N+]2([O-])CC[C@@H](O)[C@@H]12)[C@H](C)O. The Balaban J connectivity index is 2.32. The highest BCUT2D eigenvalue weighted by Crippen LogP contribution is 2.36. The molecule has 0 bridgehead atoms. The van der Waals surface area contributed by atoms with Gasteiger partial charge in [0.2, 0.25) is 0 Å². The smallest absolute Gasteiger partial charge is 0.341 e. The summed E-state index contributed by atoms with van der Waals surface area (Å²) in [6, 6.07) is -0.895. The Labute approximate surface area is 139 Å². The van der Waals surface area contributed by atoms with Crippen molar-refractivity contribution in [1.29, 1.82) is 0 Å². The number of hydrogen-bond acceptors (Lipinski definition) is 6. The van der Waals surface area contributed by atoms with Crippen LogP contribution in [0.2, 0.25) is 0 Å². The van der Waals surface area contributed by atoms with Crippen LogP contribution in [-0.4, -0.2) is 69.5 Å². The standard InChI is InChI=1S/C15H25NO6/c1-9(2)15(20,10(3)17)14(19)22-8-11-4-6-16(21)7-5-12(18)13(11)16/h4,9-10,12-13,17-18,20H,5-8H2,1-3H3/t10-,12+,13+,15+,16?/m0/s1/i1D3,2D3,9D. The highest BCUT2D eigenvalue weighted by molar-refractivity contribution is 5.80. The highest BCUT2D eigenvalue weighted by atomic mass is 16.6. The maximum Gasteiger partial charge on any atom is 0.341 e. The number of esters is 1. The number of ether oxygens (including phenoxy) is 1. The van der Waals surface area contributed by atoms with E-state index in [1.54, 1.807) is 0 Å². The molecule has 0 saturated carbocycles. The molecule has 0 amide bonds. The maximum absolute atomic E-state index is 12.6. The molecule has 7 heteroatoms. The van der Waals surface area contributed by atoms with E-state index in [4.69, 9.17) is 14.3 Å². The van der Waals surface area contributed by atoms with Gasteiger partial charge in [0.15, 0.2) is 5.60 Å². The summed E-state index contributed by atoms with van der Waals surface area (Å²) in [5.74, 6) is -5.62. The number of hydrogen-bond donors (Lipinski definition) is 3. The van der Waals surface area contributed by atoms with Crippen LogP contribution >= 0.6 is 0 Å². The summed E-state index contributed by atoms with van der Waals surface area (Å²) in [6.07, 6.45) is -1.56. The molecule has 0 radical (unpaired) electrons. The normalized spacial score (nSPS) is 41.3. The van der Waals surface area contributed by atoms with Gasteiger partial charge in [0.1, 0.15) is 18.8 Å². The third-order valence-corrected chi connectivity index (χ3v) is 4.38. The Morgan fingerprint density at radius 2 is 2.41 bits per heavy atom. The number of fused-ring (bicyclic) bond motifs is 1. The Bertz CT molecular complexity index is 680. The van der Waals surface area contributed by atoms with Crippen LogP contribution in [-0.2, 0) is 9.53 Å². The molecule has 2 heterocycles. The van der Waals surface area contributed by atoms with Crippen LogP contribution in [0, 0.1) is 11.1 Å². The van der Waals surface area contributed by atoms with Gasteiger partial charge < -0.3 is 29.9 Å².